The third-order valence-electron chi connectivity index (χ3n) is 18.3. The van der Waals surface area contributed by atoms with Gasteiger partial charge in [0.2, 0.25) is 0 Å². The van der Waals surface area contributed by atoms with Crippen molar-refractivity contribution in [3.63, 3.8) is 0 Å². The second-order valence-electron chi connectivity index (χ2n) is 26.1. The Hall–Kier alpha value is -0.504. The van der Waals surface area contributed by atoms with Crippen molar-refractivity contribution in [3.05, 3.63) is 46.5 Å². The molecular formula is C66H106N4Se2Sn2. The van der Waals surface area contributed by atoms with Crippen LogP contribution in [-0.2, 0) is 10.8 Å². The van der Waals surface area contributed by atoms with Gasteiger partial charge in [-0.05, 0) is 0 Å². The molecule has 8 heteroatoms. The van der Waals surface area contributed by atoms with Crippen molar-refractivity contribution in [2.24, 2.45) is 0 Å². The fourth-order valence-corrected chi connectivity index (χ4v) is 25.8. The zero-order chi connectivity index (χ0) is 52.6. The predicted molar refractivity (Wildman–Crippen MR) is 334 cm³/mol. The topological polar surface area (TPSA) is 51.6 Å². The van der Waals surface area contributed by atoms with Gasteiger partial charge in [0.1, 0.15) is 0 Å². The molecule has 4 nitrogen and oxygen atoms in total. The van der Waals surface area contributed by atoms with E-state index in [1.807, 2.05) is 0 Å². The molecule has 2 aromatic heterocycles. The Bertz CT molecular complexity index is 2280. The maximum atomic E-state index is 5.56. The second kappa shape index (κ2) is 29.8. The van der Waals surface area contributed by atoms with Crippen LogP contribution in [0, 0.1) is 0 Å². The summed E-state index contributed by atoms with van der Waals surface area (Å²) in [5, 5.41) is 0. The molecule has 0 unspecified atom stereocenters. The zero-order valence-electron chi connectivity index (χ0n) is 49.4. The van der Waals surface area contributed by atoms with Crippen molar-refractivity contribution in [3.8, 4) is 22.3 Å². The van der Waals surface area contributed by atoms with Crippen molar-refractivity contribution < 1.29 is 0 Å². The van der Waals surface area contributed by atoms with E-state index in [-0.39, 0.29) is 40.8 Å². The van der Waals surface area contributed by atoms with Crippen LogP contribution in [0.15, 0.2) is 24.3 Å². The Morgan fingerprint density at radius 2 is 0.554 bits per heavy atom. The van der Waals surface area contributed by atoms with E-state index in [4.69, 9.17) is 15.9 Å². The van der Waals surface area contributed by atoms with E-state index in [1.54, 1.807) is 40.5 Å². The average Bonchev–Trinajstić information content (AvgIpc) is 4.17. The van der Waals surface area contributed by atoms with Crippen molar-refractivity contribution >= 4 is 95.9 Å². The van der Waals surface area contributed by atoms with Crippen LogP contribution in [0.25, 0.3) is 44.3 Å². The second-order valence-corrected chi connectivity index (χ2v) is 57.1. The SMILES string of the molecule is CCCCCCCCCCC1(CCCCCCCCCC)c2cc3c(cc2-c2c1c[c]([Sn]([CH3])([CH3])[CH3])c1n[se]nc21)C(CCCCCCCCCC)(CCCCCCCCCC)c1c[c]([Sn]([CH3])([CH3])[CH3])c2n[se]nc2c1-3. The molecule has 0 radical (unpaired) electrons. The average molecular weight is 1350 g/mol. The van der Waals surface area contributed by atoms with Gasteiger partial charge in [0, 0.05) is 0 Å². The van der Waals surface area contributed by atoms with E-state index in [0.29, 0.717) is 0 Å². The van der Waals surface area contributed by atoms with Gasteiger partial charge in [0.15, 0.2) is 0 Å². The monoisotopic (exact) mass is 1350 g/mol. The van der Waals surface area contributed by atoms with Crippen LogP contribution in [0.5, 0.6) is 0 Å². The molecule has 0 bridgehead atoms. The van der Waals surface area contributed by atoms with Crippen molar-refractivity contribution in [1.29, 1.82) is 0 Å². The van der Waals surface area contributed by atoms with Crippen molar-refractivity contribution in [1.82, 2.24) is 15.9 Å². The third kappa shape index (κ3) is 14.7. The molecule has 0 saturated carbocycles. The molecule has 74 heavy (non-hydrogen) atoms. The third-order valence-corrected chi connectivity index (χ3v) is 31.9. The number of aromatic nitrogens is 4. The summed E-state index contributed by atoms with van der Waals surface area (Å²) in [6.45, 7) is 9.40. The summed E-state index contributed by atoms with van der Waals surface area (Å²) in [6, 6.07) is 11.4. The van der Waals surface area contributed by atoms with Gasteiger partial charge in [-0.25, -0.2) is 0 Å². The molecule has 0 saturated heterocycles. The molecule has 2 heterocycles. The van der Waals surface area contributed by atoms with Crippen LogP contribution in [0.2, 0.25) is 29.6 Å². The number of nitrogens with zero attached hydrogens (tertiary/aromatic N) is 4. The van der Waals surface area contributed by atoms with E-state index in [2.05, 4.69) is 81.6 Å². The van der Waals surface area contributed by atoms with Gasteiger partial charge in [-0.15, -0.1) is 0 Å². The summed E-state index contributed by atoms with van der Waals surface area (Å²) in [6.07, 6.45) is 48.8. The van der Waals surface area contributed by atoms with Crippen LogP contribution < -0.4 is 7.16 Å². The first-order chi connectivity index (χ1) is 35.9. The van der Waals surface area contributed by atoms with Crippen LogP contribution in [-0.4, -0.2) is 82.6 Å². The number of rotatable bonds is 38. The standard InChI is InChI=1S/C60H88N4Se2.6CH3.2Sn/c1-5-9-13-17-21-25-29-33-41-59(42-34-30-26-22-18-14-10-6-2)49-37-39-53-57(63-65-61-53)55(49)47-46-52-48(45-51(47)59)56-50(38-40-54-58(56)64-66-62-54)60(52,43-35-31-27-23-19-15-11-7-3)44-36-32-28-24-20-16-12-8-4;;;;;;;;/h37-38,45-46H,5-36,41-44H2,1-4H3;6*1H3;;. The molecule has 0 atom stereocenters. The molecule has 0 amide bonds. The summed E-state index contributed by atoms with van der Waals surface area (Å²) in [4.78, 5) is 15.8. The maximum absolute atomic E-state index is 5.56. The van der Waals surface area contributed by atoms with Gasteiger partial charge < -0.3 is 0 Å². The fraction of sp³-hybridized carbons (Fsp3) is 0.727. The molecule has 410 valence electrons. The molecule has 0 fully saturated rings. The van der Waals surface area contributed by atoms with Crippen molar-refractivity contribution in [2.45, 2.75) is 299 Å². The zero-order valence-corrected chi connectivity index (χ0v) is 58.5. The summed E-state index contributed by atoms with van der Waals surface area (Å²) in [5.41, 5.74) is 18.0. The number of benzene rings is 3. The van der Waals surface area contributed by atoms with E-state index in [0.717, 1.165) is 0 Å². The van der Waals surface area contributed by atoms with Crippen LogP contribution >= 0.6 is 0 Å². The number of fused-ring (bicyclic) bond motifs is 10. The van der Waals surface area contributed by atoms with Crippen LogP contribution in [0.1, 0.15) is 281 Å². The van der Waals surface area contributed by atoms with E-state index >= 15 is 0 Å². The Morgan fingerprint density at radius 1 is 0.311 bits per heavy atom. The minimum absolute atomic E-state index is 0.00643. The Kier molecular flexibility index (Phi) is 24.6. The molecule has 2 aliphatic carbocycles. The fourth-order valence-electron chi connectivity index (χ4n) is 14.0. The molecule has 3 aromatic carbocycles. The first kappa shape index (κ1) is 61.1. The molecular weight excluding hydrogens is 1240 g/mol. The van der Waals surface area contributed by atoms with E-state index < -0.39 is 36.8 Å². The Labute approximate surface area is 475 Å². The molecule has 2 aliphatic rings. The summed E-state index contributed by atoms with van der Waals surface area (Å²) in [5.74, 6) is 0. The molecule has 0 N–H and O–H groups in total. The summed E-state index contributed by atoms with van der Waals surface area (Å²) < 4.78 is 25.2. The molecule has 7 rings (SSSR count). The molecule has 5 aromatic rings. The summed E-state index contributed by atoms with van der Waals surface area (Å²) >= 11 is -5.46. The quantitative estimate of drug-likeness (QED) is 0.0292. The number of unbranched alkanes of at least 4 members (excludes halogenated alkanes) is 28. The first-order valence-electron chi connectivity index (χ1n) is 31.7. The molecule has 0 aliphatic heterocycles. The van der Waals surface area contributed by atoms with Gasteiger partial charge in [0.05, 0.1) is 0 Å². The van der Waals surface area contributed by atoms with E-state index in [9.17, 15) is 0 Å². The summed E-state index contributed by atoms with van der Waals surface area (Å²) in [7, 11) is 0. The van der Waals surface area contributed by atoms with Gasteiger partial charge >= 0.3 is 427 Å². The predicted octanol–water partition coefficient (Wildman–Crippen LogP) is 19.4. The van der Waals surface area contributed by atoms with Crippen LogP contribution in [0.3, 0.4) is 0 Å². The number of hydrogen-bond acceptors (Lipinski definition) is 4. The molecule has 0 spiro atoms. The van der Waals surface area contributed by atoms with Gasteiger partial charge in [-0.3, -0.25) is 0 Å². The minimum atomic E-state index is -2.66. The van der Waals surface area contributed by atoms with E-state index in [1.165, 1.54) is 264 Å². The van der Waals surface area contributed by atoms with Crippen LogP contribution in [0.4, 0.5) is 0 Å². The Balaban J connectivity index is 1.41. The van der Waals surface area contributed by atoms with Crippen molar-refractivity contribution in [2.75, 3.05) is 0 Å². The first-order valence-corrected chi connectivity index (χ1v) is 54.7. The van der Waals surface area contributed by atoms with Gasteiger partial charge in [0.25, 0.3) is 0 Å². The van der Waals surface area contributed by atoms with Gasteiger partial charge in [-0.1, -0.05) is 53.4 Å². The number of hydrogen-bond donors (Lipinski definition) is 0. The normalized spacial score (nSPS) is 14.6. The van der Waals surface area contributed by atoms with Gasteiger partial charge in [-0.2, -0.15) is 0 Å². The Morgan fingerprint density at radius 3 is 0.811 bits per heavy atom.